The Morgan fingerprint density at radius 2 is 1.81 bits per heavy atom. The van der Waals surface area contributed by atoms with E-state index in [1.54, 1.807) is 12.1 Å². The summed E-state index contributed by atoms with van der Waals surface area (Å²) < 4.78 is 0. The first-order valence-corrected chi connectivity index (χ1v) is 7.77. The smallest absolute Gasteiger partial charge is 0.337 e. The van der Waals surface area contributed by atoms with Crippen molar-refractivity contribution >= 4 is 17.3 Å². The lowest BCUT2D eigenvalue weighted by atomic mass is 10.1. The van der Waals surface area contributed by atoms with Gasteiger partial charge in [-0.3, -0.25) is 4.90 Å². The Bertz CT molecular complexity index is 518. The maximum atomic E-state index is 11.4. The minimum Gasteiger partial charge on any atom is -0.478 e. The van der Waals surface area contributed by atoms with Crippen molar-refractivity contribution in [2.24, 2.45) is 0 Å². The lowest BCUT2D eigenvalue weighted by molar-refractivity contribution is 0.0697. The van der Waals surface area contributed by atoms with Crippen molar-refractivity contribution in [2.45, 2.75) is 31.7 Å². The van der Waals surface area contributed by atoms with Gasteiger partial charge < -0.3 is 15.7 Å². The van der Waals surface area contributed by atoms with Crippen LogP contribution in [0.25, 0.3) is 0 Å². The van der Waals surface area contributed by atoms with Gasteiger partial charge in [-0.1, -0.05) is 12.8 Å². The van der Waals surface area contributed by atoms with Gasteiger partial charge in [0, 0.05) is 37.9 Å². The molecule has 0 unspecified atom stereocenters. The average Bonchev–Trinajstić information content (AvgIpc) is 3.01. The molecule has 1 aromatic carbocycles. The third-order valence-electron chi connectivity index (χ3n) is 4.75. The minimum absolute atomic E-state index is 0.310. The number of aromatic carboxylic acids is 1. The first-order chi connectivity index (χ1) is 10.1. The molecule has 0 aromatic heterocycles. The molecule has 1 saturated carbocycles. The highest BCUT2D eigenvalue weighted by molar-refractivity contribution is 5.95. The lowest BCUT2D eigenvalue weighted by Crippen LogP contribution is -2.50. The van der Waals surface area contributed by atoms with Crippen LogP contribution in [0.1, 0.15) is 36.0 Å². The van der Waals surface area contributed by atoms with Crippen molar-refractivity contribution in [3.63, 3.8) is 0 Å². The maximum Gasteiger partial charge on any atom is 0.337 e. The number of nitrogens with zero attached hydrogens (tertiary/aromatic N) is 2. The fourth-order valence-corrected chi connectivity index (χ4v) is 3.60. The van der Waals surface area contributed by atoms with Crippen molar-refractivity contribution in [1.82, 2.24) is 4.90 Å². The van der Waals surface area contributed by atoms with Crippen LogP contribution in [-0.4, -0.2) is 48.2 Å². The van der Waals surface area contributed by atoms with E-state index in [1.807, 2.05) is 6.07 Å². The van der Waals surface area contributed by atoms with Crippen molar-refractivity contribution in [3.8, 4) is 0 Å². The van der Waals surface area contributed by atoms with Gasteiger partial charge >= 0.3 is 5.97 Å². The number of carboxylic acids is 1. The van der Waals surface area contributed by atoms with E-state index in [4.69, 9.17) is 5.73 Å². The molecular weight excluding hydrogens is 266 g/mol. The van der Waals surface area contributed by atoms with Gasteiger partial charge in [-0.25, -0.2) is 4.79 Å². The molecule has 2 fully saturated rings. The fraction of sp³-hybridized carbons (Fsp3) is 0.562. The SMILES string of the molecule is Nc1ccc(N2CCN(C3CCCC3)CC2)c(C(=O)O)c1. The standard InChI is InChI=1S/C16H23N3O2/c17-12-5-6-15(14(11-12)16(20)21)19-9-7-18(8-10-19)13-3-1-2-4-13/h5-6,11,13H,1-4,7-10,17H2,(H,20,21). The van der Waals surface area contributed by atoms with E-state index in [-0.39, 0.29) is 0 Å². The summed E-state index contributed by atoms with van der Waals surface area (Å²) in [4.78, 5) is 16.1. The van der Waals surface area contributed by atoms with Crippen molar-refractivity contribution in [1.29, 1.82) is 0 Å². The topological polar surface area (TPSA) is 69.8 Å². The van der Waals surface area contributed by atoms with E-state index in [2.05, 4.69) is 9.80 Å². The number of nitrogens with two attached hydrogens (primary N) is 1. The second-order valence-electron chi connectivity index (χ2n) is 6.04. The highest BCUT2D eigenvalue weighted by Crippen LogP contribution is 2.28. The molecule has 0 amide bonds. The minimum atomic E-state index is -0.907. The zero-order valence-corrected chi connectivity index (χ0v) is 12.3. The number of carbonyl (C=O) groups is 1. The largest absolute Gasteiger partial charge is 0.478 e. The quantitative estimate of drug-likeness (QED) is 0.833. The molecule has 1 saturated heterocycles. The van der Waals surface area contributed by atoms with Crippen LogP contribution >= 0.6 is 0 Å². The molecule has 0 bridgehead atoms. The Morgan fingerprint density at radius 1 is 1.14 bits per heavy atom. The second-order valence-corrected chi connectivity index (χ2v) is 6.04. The Balaban J connectivity index is 1.70. The van der Waals surface area contributed by atoms with E-state index >= 15 is 0 Å². The predicted octanol–water partition coefficient (Wildman–Crippen LogP) is 2.03. The molecule has 0 radical (unpaired) electrons. The number of carboxylic acid groups (broad SMARTS) is 1. The zero-order chi connectivity index (χ0) is 14.8. The highest BCUT2D eigenvalue weighted by atomic mass is 16.4. The van der Waals surface area contributed by atoms with E-state index in [9.17, 15) is 9.90 Å². The van der Waals surface area contributed by atoms with Crippen LogP contribution in [-0.2, 0) is 0 Å². The molecule has 1 aliphatic carbocycles. The third-order valence-corrected chi connectivity index (χ3v) is 4.75. The van der Waals surface area contributed by atoms with Crippen LogP contribution in [0.3, 0.4) is 0 Å². The molecule has 2 aliphatic rings. The fourth-order valence-electron chi connectivity index (χ4n) is 3.60. The average molecular weight is 289 g/mol. The Labute approximate surface area is 125 Å². The first-order valence-electron chi connectivity index (χ1n) is 7.77. The molecule has 3 rings (SSSR count). The van der Waals surface area contributed by atoms with Gasteiger partial charge in [0.15, 0.2) is 0 Å². The van der Waals surface area contributed by atoms with Crippen LogP contribution in [0.4, 0.5) is 11.4 Å². The number of rotatable bonds is 3. The van der Waals surface area contributed by atoms with Gasteiger partial charge in [-0.15, -0.1) is 0 Å². The molecule has 1 aliphatic heterocycles. The van der Waals surface area contributed by atoms with Gasteiger partial charge in [-0.05, 0) is 31.0 Å². The van der Waals surface area contributed by atoms with Crippen LogP contribution in [0, 0.1) is 0 Å². The number of piperazine rings is 1. The van der Waals surface area contributed by atoms with Crippen LogP contribution in [0.2, 0.25) is 0 Å². The van der Waals surface area contributed by atoms with Gasteiger partial charge in [0.05, 0.1) is 11.3 Å². The van der Waals surface area contributed by atoms with Gasteiger partial charge in [0.1, 0.15) is 0 Å². The molecule has 1 heterocycles. The Kier molecular flexibility index (Phi) is 4.01. The Morgan fingerprint density at radius 3 is 2.43 bits per heavy atom. The molecule has 5 nitrogen and oxygen atoms in total. The van der Waals surface area contributed by atoms with Crippen LogP contribution < -0.4 is 10.6 Å². The van der Waals surface area contributed by atoms with Gasteiger partial charge in [-0.2, -0.15) is 0 Å². The van der Waals surface area contributed by atoms with Crippen molar-refractivity contribution in [3.05, 3.63) is 23.8 Å². The molecule has 5 heteroatoms. The summed E-state index contributed by atoms with van der Waals surface area (Å²) in [6.07, 6.45) is 5.35. The maximum absolute atomic E-state index is 11.4. The van der Waals surface area contributed by atoms with Crippen molar-refractivity contribution < 1.29 is 9.90 Å². The lowest BCUT2D eigenvalue weighted by Gasteiger charge is -2.39. The predicted molar refractivity (Wildman–Crippen MR) is 83.9 cm³/mol. The normalized spacial score (nSPS) is 20.9. The summed E-state index contributed by atoms with van der Waals surface area (Å²) in [5, 5.41) is 9.35. The molecule has 0 spiro atoms. The van der Waals surface area contributed by atoms with E-state index < -0.39 is 5.97 Å². The summed E-state index contributed by atoms with van der Waals surface area (Å²) >= 11 is 0. The summed E-state index contributed by atoms with van der Waals surface area (Å²) in [5.74, 6) is -0.907. The molecule has 21 heavy (non-hydrogen) atoms. The molecule has 0 atom stereocenters. The zero-order valence-electron chi connectivity index (χ0n) is 12.3. The number of hydrogen-bond acceptors (Lipinski definition) is 4. The summed E-state index contributed by atoms with van der Waals surface area (Å²) in [6, 6.07) is 5.92. The number of anilines is 2. The molecular formula is C16H23N3O2. The van der Waals surface area contributed by atoms with Gasteiger partial charge in [0.2, 0.25) is 0 Å². The van der Waals surface area contributed by atoms with Crippen molar-refractivity contribution in [2.75, 3.05) is 36.8 Å². The number of hydrogen-bond donors (Lipinski definition) is 2. The number of nitrogen functional groups attached to an aromatic ring is 1. The van der Waals surface area contributed by atoms with E-state index in [0.717, 1.165) is 37.9 Å². The Hall–Kier alpha value is -1.75. The van der Waals surface area contributed by atoms with Crippen LogP contribution in [0.15, 0.2) is 18.2 Å². The molecule has 1 aromatic rings. The van der Waals surface area contributed by atoms with E-state index in [1.165, 1.54) is 25.7 Å². The highest BCUT2D eigenvalue weighted by Gasteiger charge is 2.27. The second kappa shape index (κ2) is 5.93. The van der Waals surface area contributed by atoms with E-state index in [0.29, 0.717) is 11.3 Å². The third kappa shape index (κ3) is 2.97. The summed E-state index contributed by atoms with van der Waals surface area (Å²) in [6.45, 7) is 3.82. The molecule has 114 valence electrons. The van der Waals surface area contributed by atoms with Crippen LogP contribution in [0.5, 0.6) is 0 Å². The molecule has 3 N–H and O–H groups in total. The number of benzene rings is 1. The summed E-state index contributed by atoms with van der Waals surface area (Å²) in [7, 11) is 0. The monoisotopic (exact) mass is 289 g/mol. The first kappa shape index (κ1) is 14.2. The summed E-state index contributed by atoms with van der Waals surface area (Å²) in [5.41, 5.74) is 7.31. The van der Waals surface area contributed by atoms with Gasteiger partial charge in [0.25, 0.3) is 0 Å².